The molecule has 1 atom stereocenters. The SMILES string of the molecule is CC1=C(S(=O)(=O)N2CCCCC2)[C@@H](C)N=N1. The van der Waals surface area contributed by atoms with Crippen LogP contribution < -0.4 is 0 Å². The summed E-state index contributed by atoms with van der Waals surface area (Å²) in [6.45, 7) is 4.75. The summed E-state index contributed by atoms with van der Waals surface area (Å²) in [6, 6.07) is -0.327. The van der Waals surface area contributed by atoms with Crippen LogP contribution in [0.4, 0.5) is 0 Å². The molecular weight excluding hydrogens is 226 g/mol. The molecule has 0 aliphatic carbocycles. The summed E-state index contributed by atoms with van der Waals surface area (Å²) in [5.41, 5.74) is 0.540. The van der Waals surface area contributed by atoms with Gasteiger partial charge in [-0.2, -0.15) is 14.5 Å². The van der Waals surface area contributed by atoms with Gasteiger partial charge in [-0.15, -0.1) is 0 Å². The van der Waals surface area contributed by atoms with Crippen LogP contribution in [-0.2, 0) is 10.0 Å². The molecule has 0 spiro atoms. The van der Waals surface area contributed by atoms with Gasteiger partial charge in [0.15, 0.2) is 0 Å². The summed E-state index contributed by atoms with van der Waals surface area (Å²) in [6.07, 6.45) is 3.02. The first-order chi connectivity index (χ1) is 7.53. The number of nitrogens with zero attached hydrogens (tertiary/aromatic N) is 3. The van der Waals surface area contributed by atoms with Crippen molar-refractivity contribution in [3.05, 3.63) is 10.6 Å². The van der Waals surface area contributed by atoms with Gasteiger partial charge >= 0.3 is 0 Å². The van der Waals surface area contributed by atoms with Crippen LogP contribution in [0.1, 0.15) is 33.1 Å². The lowest BCUT2D eigenvalue weighted by molar-refractivity contribution is 0.348. The van der Waals surface area contributed by atoms with Crippen LogP contribution in [0.3, 0.4) is 0 Å². The highest BCUT2D eigenvalue weighted by molar-refractivity contribution is 7.93. The molecule has 90 valence electrons. The molecule has 0 saturated carbocycles. The van der Waals surface area contributed by atoms with Crippen LogP contribution in [0.2, 0.25) is 0 Å². The fraction of sp³-hybridized carbons (Fsp3) is 0.800. The molecule has 2 heterocycles. The highest BCUT2D eigenvalue weighted by Crippen LogP contribution is 2.30. The summed E-state index contributed by atoms with van der Waals surface area (Å²) in [5, 5.41) is 7.76. The molecule has 0 aromatic carbocycles. The van der Waals surface area contributed by atoms with Gasteiger partial charge in [-0.3, -0.25) is 0 Å². The van der Waals surface area contributed by atoms with E-state index in [0.717, 1.165) is 19.3 Å². The van der Waals surface area contributed by atoms with Gasteiger partial charge in [-0.25, -0.2) is 8.42 Å². The second-order valence-corrected chi connectivity index (χ2v) is 6.21. The quantitative estimate of drug-likeness (QED) is 0.743. The van der Waals surface area contributed by atoms with E-state index in [-0.39, 0.29) is 6.04 Å². The first kappa shape index (κ1) is 11.7. The van der Waals surface area contributed by atoms with Crippen molar-refractivity contribution in [1.29, 1.82) is 0 Å². The smallest absolute Gasteiger partial charge is 0.207 e. The van der Waals surface area contributed by atoms with E-state index in [4.69, 9.17) is 0 Å². The van der Waals surface area contributed by atoms with Gasteiger partial charge in [-0.05, 0) is 26.7 Å². The molecule has 16 heavy (non-hydrogen) atoms. The molecule has 0 unspecified atom stereocenters. The minimum absolute atomic E-state index is 0.327. The maximum atomic E-state index is 12.4. The average molecular weight is 243 g/mol. The Morgan fingerprint density at radius 3 is 2.38 bits per heavy atom. The summed E-state index contributed by atoms with van der Waals surface area (Å²) >= 11 is 0. The normalized spacial score (nSPS) is 27.8. The lowest BCUT2D eigenvalue weighted by Crippen LogP contribution is -2.38. The van der Waals surface area contributed by atoms with E-state index in [0.29, 0.717) is 23.7 Å². The number of sulfonamides is 1. The maximum Gasteiger partial charge on any atom is 0.243 e. The number of allylic oxidation sites excluding steroid dienone is 1. The second-order valence-electron chi connectivity index (χ2n) is 4.31. The van der Waals surface area contributed by atoms with Gasteiger partial charge in [-0.1, -0.05) is 6.42 Å². The summed E-state index contributed by atoms with van der Waals surface area (Å²) < 4.78 is 26.3. The highest BCUT2D eigenvalue weighted by atomic mass is 32.2. The third-order valence-corrected chi connectivity index (χ3v) is 5.29. The number of hydrogen-bond acceptors (Lipinski definition) is 4. The Balaban J connectivity index is 2.29. The Morgan fingerprint density at radius 2 is 1.88 bits per heavy atom. The van der Waals surface area contributed by atoms with Gasteiger partial charge < -0.3 is 0 Å². The summed E-state index contributed by atoms with van der Waals surface area (Å²) in [7, 11) is -3.33. The predicted octanol–water partition coefficient (Wildman–Crippen LogP) is 1.89. The van der Waals surface area contributed by atoms with Crippen molar-refractivity contribution in [3.8, 4) is 0 Å². The number of piperidine rings is 1. The first-order valence-electron chi connectivity index (χ1n) is 5.65. The van der Waals surface area contributed by atoms with Crippen molar-refractivity contribution in [2.24, 2.45) is 10.2 Å². The highest BCUT2D eigenvalue weighted by Gasteiger charge is 2.35. The molecule has 0 N–H and O–H groups in total. The predicted molar refractivity (Wildman–Crippen MR) is 61.4 cm³/mol. The van der Waals surface area contributed by atoms with Gasteiger partial charge in [0, 0.05) is 13.1 Å². The number of azo groups is 1. The van der Waals surface area contributed by atoms with Gasteiger partial charge in [0.1, 0.15) is 10.9 Å². The zero-order chi connectivity index (χ0) is 11.8. The first-order valence-corrected chi connectivity index (χ1v) is 7.09. The maximum absolute atomic E-state index is 12.4. The third kappa shape index (κ3) is 1.91. The third-order valence-electron chi connectivity index (χ3n) is 3.05. The zero-order valence-electron chi connectivity index (χ0n) is 9.68. The zero-order valence-corrected chi connectivity index (χ0v) is 10.5. The van der Waals surface area contributed by atoms with E-state index in [1.807, 2.05) is 0 Å². The molecule has 2 aliphatic heterocycles. The molecule has 2 rings (SSSR count). The van der Waals surface area contributed by atoms with Crippen LogP contribution in [0, 0.1) is 0 Å². The molecule has 0 radical (unpaired) electrons. The van der Waals surface area contributed by atoms with Crippen molar-refractivity contribution >= 4 is 10.0 Å². The number of hydrogen-bond donors (Lipinski definition) is 0. The minimum atomic E-state index is -3.33. The summed E-state index contributed by atoms with van der Waals surface area (Å²) in [4.78, 5) is 0.384. The van der Waals surface area contributed by atoms with Crippen molar-refractivity contribution in [2.45, 2.75) is 39.2 Å². The fourth-order valence-corrected chi connectivity index (χ4v) is 4.13. The largest absolute Gasteiger partial charge is 0.243 e. The van der Waals surface area contributed by atoms with Crippen LogP contribution in [-0.4, -0.2) is 31.9 Å². The molecule has 1 fully saturated rings. The van der Waals surface area contributed by atoms with Gasteiger partial charge in [0.2, 0.25) is 10.0 Å². The average Bonchev–Trinajstić information content (AvgIpc) is 2.60. The topological polar surface area (TPSA) is 62.1 Å². The van der Waals surface area contributed by atoms with E-state index >= 15 is 0 Å². The monoisotopic (exact) mass is 243 g/mol. The van der Waals surface area contributed by atoms with Crippen molar-refractivity contribution < 1.29 is 8.42 Å². The molecule has 1 saturated heterocycles. The molecule has 6 heteroatoms. The van der Waals surface area contributed by atoms with Crippen molar-refractivity contribution in [1.82, 2.24) is 4.31 Å². The second kappa shape index (κ2) is 4.25. The lowest BCUT2D eigenvalue weighted by Gasteiger charge is -2.27. The standard InChI is InChI=1S/C10H17N3O2S/c1-8-10(9(2)12-11-8)16(14,15)13-6-4-3-5-7-13/h8H,3-7H2,1-2H3/t8-/m1/s1. The fourth-order valence-electron chi connectivity index (χ4n) is 2.22. The Bertz CT molecular complexity index is 433. The number of rotatable bonds is 2. The minimum Gasteiger partial charge on any atom is -0.207 e. The van der Waals surface area contributed by atoms with E-state index in [9.17, 15) is 8.42 Å². The van der Waals surface area contributed by atoms with Crippen molar-refractivity contribution in [3.63, 3.8) is 0 Å². The van der Waals surface area contributed by atoms with Crippen LogP contribution in [0.15, 0.2) is 20.8 Å². The van der Waals surface area contributed by atoms with Crippen molar-refractivity contribution in [2.75, 3.05) is 13.1 Å². The molecule has 5 nitrogen and oxygen atoms in total. The molecule has 0 aromatic heterocycles. The van der Waals surface area contributed by atoms with Crippen LogP contribution in [0.5, 0.6) is 0 Å². The lowest BCUT2D eigenvalue weighted by atomic mass is 10.2. The van der Waals surface area contributed by atoms with E-state index in [1.165, 1.54) is 0 Å². The van der Waals surface area contributed by atoms with Crippen LogP contribution in [0.25, 0.3) is 0 Å². The van der Waals surface area contributed by atoms with E-state index in [2.05, 4.69) is 10.2 Å². The molecule has 0 aromatic rings. The Morgan fingerprint density at radius 1 is 1.25 bits per heavy atom. The summed E-state index contributed by atoms with van der Waals surface area (Å²) in [5.74, 6) is 0. The van der Waals surface area contributed by atoms with Crippen LogP contribution >= 0.6 is 0 Å². The Kier molecular flexibility index (Phi) is 3.12. The molecular formula is C10H17N3O2S. The Labute approximate surface area is 96.3 Å². The molecule has 2 aliphatic rings. The van der Waals surface area contributed by atoms with Gasteiger partial charge in [0.05, 0.1) is 5.70 Å². The van der Waals surface area contributed by atoms with Gasteiger partial charge in [0.25, 0.3) is 0 Å². The van der Waals surface area contributed by atoms with E-state index < -0.39 is 10.0 Å². The molecule has 0 bridgehead atoms. The molecule has 0 amide bonds. The van der Waals surface area contributed by atoms with E-state index in [1.54, 1.807) is 18.2 Å². The Hall–Kier alpha value is -0.750.